The van der Waals surface area contributed by atoms with Gasteiger partial charge in [0, 0.05) is 5.56 Å². The number of carboxylic acid groups (broad SMARTS) is 1. The number of nitrogens with two attached hydrogens (primary N) is 1. The Morgan fingerprint density at radius 3 is 2.29 bits per heavy atom. The molecule has 6 nitrogen and oxygen atoms in total. The van der Waals surface area contributed by atoms with Gasteiger partial charge in [0.2, 0.25) is 0 Å². The average Bonchev–Trinajstić information content (AvgIpc) is 2.36. The van der Waals surface area contributed by atoms with E-state index in [1.807, 2.05) is 0 Å². The van der Waals surface area contributed by atoms with Gasteiger partial charge >= 0.3 is 11.9 Å². The summed E-state index contributed by atoms with van der Waals surface area (Å²) in [5, 5.41) is 9.31. The largest absolute Gasteiger partial charge is 0.496 e. The van der Waals surface area contributed by atoms with Crippen LogP contribution in [0.25, 0.3) is 0 Å². The van der Waals surface area contributed by atoms with Crippen molar-refractivity contribution in [3.8, 4) is 5.75 Å². The molecule has 0 heterocycles. The van der Waals surface area contributed by atoms with Crippen LogP contribution in [0.2, 0.25) is 0 Å². The highest BCUT2D eigenvalue weighted by Gasteiger charge is 2.38. The van der Waals surface area contributed by atoms with Gasteiger partial charge in [0.15, 0.2) is 5.92 Å². The van der Waals surface area contributed by atoms with Gasteiger partial charge in [-0.2, -0.15) is 0 Å². The van der Waals surface area contributed by atoms with Gasteiger partial charge in [0.25, 0.3) is 0 Å². The Morgan fingerprint density at radius 2 is 1.81 bits per heavy atom. The van der Waals surface area contributed by atoms with Crippen molar-refractivity contribution < 1.29 is 24.2 Å². The standard InChI is InChI=1S/C15H21NO5/c1-15(2,3)21-14(19)11(13(17)18)12(16)9-7-5-6-8-10(9)20-4/h5-8,11-12H,16H2,1-4H3,(H,17,18)/t11-,12?/m0/s1. The van der Waals surface area contributed by atoms with Crippen LogP contribution in [0.4, 0.5) is 0 Å². The molecule has 1 aromatic rings. The van der Waals surface area contributed by atoms with Gasteiger partial charge in [-0.05, 0) is 26.8 Å². The van der Waals surface area contributed by atoms with Crippen molar-refractivity contribution in [2.75, 3.05) is 7.11 Å². The topological polar surface area (TPSA) is 98.9 Å². The predicted molar refractivity (Wildman–Crippen MR) is 76.9 cm³/mol. The van der Waals surface area contributed by atoms with Gasteiger partial charge in [-0.1, -0.05) is 18.2 Å². The van der Waals surface area contributed by atoms with E-state index in [2.05, 4.69) is 0 Å². The fourth-order valence-corrected chi connectivity index (χ4v) is 1.89. The summed E-state index contributed by atoms with van der Waals surface area (Å²) in [7, 11) is 1.45. The second kappa shape index (κ2) is 6.58. The molecular formula is C15H21NO5. The van der Waals surface area contributed by atoms with Crippen molar-refractivity contribution in [1.29, 1.82) is 0 Å². The molecule has 1 rings (SSSR count). The first kappa shape index (κ1) is 17.0. The number of hydrogen-bond donors (Lipinski definition) is 2. The third-order valence-corrected chi connectivity index (χ3v) is 2.78. The molecule has 3 N–H and O–H groups in total. The van der Waals surface area contributed by atoms with E-state index in [-0.39, 0.29) is 0 Å². The average molecular weight is 295 g/mol. The normalized spacial score (nSPS) is 14.1. The quantitative estimate of drug-likeness (QED) is 0.634. The third kappa shape index (κ3) is 4.46. The van der Waals surface area contributed by atoms with Crippen LogP contribution in [0.1, 0.15) is 32.4 Å². The Bertz CT molecular complexity index is 521. The first-order chi connectivity index (χ1) is 9.67. The number of carboxylic acids is 1. The van der Waals surface area contributed by atoms with Crippen molar-refractivity contribution in [3.63, 3.8) is 0 Å². The van der Waals surface area contributed by atoms with Crippen LogP contribution in [-0.4, -0.2) is 29.8 Å². The van der Waals surface area contributed by atoms with Gasteiger partial charge in [-0.25, -0.2) is 0 Å². The zero-order chi connectivity index (χ0) is 16.2. The molecule has 0 aromatic heterocycles. The Balaban J connectivity index is 3.11. The molecule has 0 aliphatic rings. The van der Waals surface area contributed by atoms with Gasteiger partial charge in [-0.3, -0.25) is 9.59 Å². The first-order valence-electron chi connectivity index (χ1n) is 6.51. The molecule has 1 aromatic carbocycles. The number of aliphatic carboxylic acids is 1. The summed E-state index contributed by atoms with van der Waals surface area (Å²) >= 11 is 0. The molecule has 0 saturated carbocycles. The second-order valence-corrected chi connectivity index (χ2v) is 5.62. The molecule has 0 fully saturated rings. The minimum Gasteiger partial charge on any atom is -0.496 e. The number of carbonyl (C=O) groups excluding carboxylic acids is 1. The lowest BCUT2D eigenvalue weighted by atomic mass is 9.93. The second-order valence-electron chi connectivity index (χ2n) is 5.62. The Kier molecular flexibility index (Phi) is 5.32. The van der Waals surface area contributed by atoms with Gasteiger partial charge < -0.3 is 20.3 Å². The number of rotatable bonds is 5. The van der Waals surface area contributed by atoms with Gasteiger partial charge in [0.05, 0.1) is 13.2 Å². The van der Waals surface area contributed by atoms with Crippen molar-refractivity contribution in [2.45, 2.75) is 32.4 Å². The van der Waals surface area contributed by atoms with Crippen LogP contribution in [-0.2, 0) is 14.3 Å². The van der Waals surface area contributed by atoms with Crippen LogP contribution in [0, 0.1) is 5.92 Å². The molecule has 0 aliphatic carbocycles. The van der Waals surface area contributed by atoms with Gasteiger partial charge in [0.1, 0.15) is 11.4 Å². The number of esters is 1. The summed E-state index contributed by atoms with van der Waals surface area (Å²) in [6.45, 7) is 5.00. The molecule has 0 aliphatic heterocycles. The highest BCUT2D eigenvalue weighted by Crippen LogP contribution is 2.30. The number of carbonyl (C=O) groups is 2. The van der Waals surface area contributed by atoms with Crippen LogP contribution < -0.4 is 10.5 Å². The molecule has 0 radical (unpaired) electrons. The van der Waals surface area contributed by atoms with E-state index < -0.39 is 29.5 Å². The molecule has 21 heavy (non-hydrogen) atoms. The molecule has 2 atom stereocenters. The lowest BCUT2D eigenvalue weighted by Gasteiger charge is -2.25. The zero-order valence-corrected chi connectivity index (χ0v) is 12.6. The molecular weight excluding hydrogens is 274 g/mol. The van der Waals surface area contributed by atoms with E-state index in [0.717, 1.165) is 0 Å². The lowest BCUT2D eigenvalue weighted by Crippen LogP contribution is -2.39. The summed E-state index contributed by atoms with van der Waals surface area (Å²) in [5.74, 6) is -3.27. The minimum absolute atomic E-state index is 0.430. The highest BCUT2D eigenvalue weighted by atomic mass is 16.6. The van der Waals surface area contributed by atoms with Crippen molar-refractivity contribution in [1.82, 2.24) is 0 Å². The third-order valence-electron chi connectivity index (χ3n) is 2.78. The van der Waals surface area contributed by atoms with Crippen molar-refractivity contribution >= 4 is 11.9 Å². The maximum atomic E-state index is 12.1. The summed E-state index contributed by atoms with van der Waals surface area (Å²) in [5.41, 5.74) is 5.63. The van der Waals surface area contributed by atoms with E-state index >= 15 is 0 Å². The molecule has 0 bridgehead atoms. The summed E-state index contributed by atoms with van der Waals surface area (Å²) in [6, 6.07) is 5.66. The summed E-state index contributed by atoms with van der Waals surface area (Å²) < 4.78 is 10.3. The first-order valence-corrected chi connectivity index (χ1v) is 6.51. The van der Waals surface area contributed by atoms with E-state index in [1.165, 1.54) is 7.11 Å². The highest BCUT2D eigenvalue weighted by molar-refractivity contribution is 5.95. The van der Waals surface area contributed by atoms with Crippen LogP contribution in [0.15, 0.2) is 24.3 Å². The smallest absolute Gasteiger partial charge is 0.322 e. The van der Waals surface area contributed by atoms with E-state index in [1.54, 1.807) is 45.0 Å². The van der Waals surface area contributed by atoms with Crippen molar-refractivity contribution in [3.05, 3.63) is 29.8 Å². The van der Waals surface area contributed by atoms with Crippen LogP contribution in [0.3, 0.4) is 0 Å². The Morgan fingerprint density at radius 1 is 1.24 bits per heavy atom. The summed E-state index contributed by atoms with van der Waals surface area (Å²) in [6.07, 6.45) is 0. The monoisotopic (exact) mass is 295 g/mol. The number of hydrogen-bond acceptors (Lipinski definition) is 5. The Hall–Kier alpha value is -2.08. The van der Waals surface area contributed by atoms with E-state index in [4.69, 9.17) is 15.2 Å². The van der Waals surface area contributed by atoms with E-state index in [9.17, 15) is 14.7 Å². The number of ether oxygens (including phenoxy) is 2. The summed E-state index contributed by atoms with van der Waals surface area (Å²) in [4.78, 5) is 23.5. The molecule has 116 valence electrons. The van der Waals surface area contributed by atoms with Crippen LogP contribution in [0.5, 0.6) is 5.75 Å². The number of benzene rings is 1. The fraction of sp³-hybridized carbons (Fsp3) is 0.467. The van der Waals surface area contributed by atoms with Crippen molar-refractivity contribution in [2.24, 2.45) is 11.7 Å². The molecule has 0 spiro atoms. The van der Waals surface area contributed by atoms with Gasteiger partial charge in [-0.15, -0.1) is 0 Å². The number of methoxy groups -OCH3 is 1. The molecule has 6 heteroatoms. The molecule has 1 unspecified atom stereocenters. The minimum atomic E-state index is -1.50. The molecule has 0 saturated heterocycles. The van der Waals surface area contributed by atoms with Crippen LogP contribution >= 0.6 is 0 Å². The van der Waals surface area contributed by atoms with E-state index in [0.29, 0.717) is 11.3 Å². The lowest BCUT2D eigenvalue weighted by molar-refractivity contribution is -0.167. The molecule has 0 amide bonds. The maximum absolute atomic E-state index is 12.1. The SMILES string of the molecule is COc1ccccc1C(N)[C@@H](C(=O)O)C(=O)OC(C)(C)C. The zero-order valence-electron chi connectivity index (χ0n) is 12.6. The number of para-hydroxylation sites is 1. The Labute approximate surface area is 123 Å². The maximum Gasteiger partial charge on any atom is 0.322 e. The predicted octanol–water partition coefficient (Wildman–Crippen LogP) is 1.74. The fourth-order valence-electron chi connectivity index (χ4n) is 1.89.